The van der Waals surface area contributed by atoms with Crippen molar-refractivity contribution in [2.24, 2.45) is 0 Å². The lowest BCUT2D eigenvalue weighted by Gasteiger charge is -2.05. The van der Waals surface area contributed by atoms with Crippen LogP contribution in [0.15, 0.2) is 30.5 Å². The lowest BCUT2D eigenvalue weighted by molar-refractivity contribution is 0.0697. The Kier molecular flexibility index (Phi) is 3.44. The molecular formula is C13H15NO3. The fourth-order valence-electron chi connectivity index (χ4n) is 1.91. The van der Waals surface area contributed by atoms with Crippen LogP contribution in [0, 0.1) is 0 Å². The quantitative estimate of drug-likeness (QED) is 0.807. The van der Waals surface area contributed by atoms with E-state index in [2.05, 4.69) is 4.57 Å². The standard InChI is InChI=1S/C13H15NO3/c1-17-8-2-6-14-7-5-10-9-11(13(15)16)3-4-12(10)14/h3-5,7,9H,2,6,8H2,1H3,(H,15,16). The Morgan fingerprint density at radius 3 is 2.94 bits per heavy atom. The molecule has 0 unspecified atom stereocenters. The van der Waals surface area contributed by atoms with Crippen LogP contribution in [0.1, 0.15) is 16.8 Å². The van der Waals surface area contributed by atoms with Crippen molar-refractivity contribution in [2.45, 2.75) is 13.0 Å². The molecule has 0 saturated carbocycles. The molecule has 0 fully saturated rings. The summed E-state index contributed by atoms with van der Waals surface area (Å²) < 4.78 is 7.12. The summed E-state index contributed by atoms with van der Waals surface area (Å²) in [6.07, 6.45) is 2.92. The molecule has 90 valence electrons. The van der Waals surface area contributed by atoms with E-state index < -0.39 is 5.97 Å². The number of rotatable bonds is 5. The maximum atomic E-state index is 10.8. The summed E-state index contributed by atoms with van der Waals surface area (Å²) in [7, 11) is 1.69. The number of nitrogens with zero attached hydrogens (tertiary/aromatic N) is 1. The first-order valence-corrected chi connectivity index (χ1v) is 5.53. The van der Waals surface area contributed by atoms with Gasteiger partial charge in [0, 0.05) is 37.4 Å². The first kappa shape index (κ1) is 11.7. The van der Waals surface area contributed by atoms with Gasteiger partial charge in [-0.1, -0.05) is 0 Å². The summed E-state index contributed by atoms with van der Waals surface area (Å²) >= 11 is 0. The molecule has 0 bridgehead atoms. The highest BCUT2D eigenvalue weighted by atomic mass is 16.5. The SMILES string of the molecule is COCCCn1ccc2cc(C(=O)O)ccc21. The summed E-state index contributed by atoms with van der Waals surface area (Å²) in [6.45, 7) is 1.61. The van der Waals surface area contributed by atoms with E-state index in [1.165, 1.54) is 0 Å². The highest BCUT2D eigenvalue weighted by Crippen LogP contribution is 2.18. The Balaban J connectivity index is 2.25. The second-order valence-corrected chi connectivity index (χ2v) is 3.93. The van der Waals surface area contributed by atoms with E-state index in [-0.39, 0.29) is 0 Å². The van der Waals surface area contributed by atoms with E-state index in [0.29, 0.717) is 5.56 Å². The average molecular weight is 233 g/mol. The Hall–Kier alpha value is -1.81. The first-order chi connectivity index (χ1) is 8.22. The van der Waals surface area contributed by atoms with Gasteiger partial charge in [0.05, 0.1) is 5.56 Å². The van der Waals surface area contributed by atoms with Gasteiger partial charge < -0.3 is 14.4 Å². The third-order valence-corrected chi connectivity index (χ3v) is 2.77. The zero-order chi connectivity index (χ0) is 12.3. The predicted molar refractivity (Wildman–Crippen MR) is 65.4 cm³/mol. The number of aryl methyl sites for hydroxylation is 1. The lowest BCUT2D eigenvalue weighted by atomic mass is 10.1. The van der Waals surface area contributed by atoms with Crippen LogP contribution in [0.5, 0.6) is 0 Å². The maximum absolute atomic E-state index is 10.8. The van der Waals surface area contributed by atoms with Crippen LogP contribution in [0.4, 0.5) is 0 Å². The van der Waals surface area contributed by atoms with Gasteiger partial charge in [-0.2, -0.15) is 0 Å². The van der Waals surface area contributed by atoms with Crippen molar-refractivity contribution in [2.75, 3.05) is 13.7 Å². The molecule has 17 heavy (non-hydrogen) atoms. The van der Waals surface area contributed by atoms with Crippen LogP contribution in [0.2, 0.25) is 0 Å². The van der Waals surface area contributed by atoms with E-state index in [4.69, 9.17) is 9.84 Å². The second-order valence-electron chi connectivity index (χ2n) is 3.93. The van der Waals surface area contributed by atoms with Crippen molar-refractivity contribution in [1.82, 2.24) is 4.57 Å². The van der Waals surface area contributed by atoms with Crippen LogP contribution in [0.25, 0.3) is 10.9 Å². The molecule has 0 spiro atoms. The highest BCUT2D eigenvalue weighted by Gasteiger charge is 2.06. The van der Waals surface area contributed by atoms with Crippen LogP contribution in [-0.4, -0.2) is 29.4 Å². The Labute approximate surface area is 99.4 Å². The largest absolute Gasteiger partial charge is 0.478 e. The van der Waals surface area contributed by atoms with Crippen molar-refractivity contribution in [1.29, 1.82) is 0 Å². The van der Waals surface area contributed by atoms with Gasteiger partial charge in [0.1, 0.15) is 0 Å². The molecule has 1 aromatic carbocycles. The highest BCUT2D eigenvalue weighted by molar-refractivity contribution is 5.93. The number of carbonyl (C=O) groups is 1. The Morgan fingerprint density at radius 1 is 1.41 bits per heavy atom. The monoisotopic (exact) mass is 233 g/mol. The minimum Gasteiger partial charge on any atom is -0.478 e. The van der Waals surface area contributed by atoms with Crippen LogP contribution in [0.3, 0.4) is 0 Å². The smallest absolute Gasteiger partial charge is 0.335 e. The van der Waals surface area contributed by atoms with Crippen LogP contribution < -0.4 is 0 Å². The van der Waals surface area contributed by atoms with Gasteiger partial charge in [-0.3, -0.25) is 0 Å². The number of benzene rings is 1. The Bertz CT molecular complexity index is 530. The van der Waals surface area contributed by atoms with E-state index >= 15 is 0 Å². The Morgan fingerprint density at radius 2 is 2.24 bits per heavy atom. The van der Waals surface area contributed by atoms with Gasteiger partial charge in [-0.15, -0.1) is 0 Å². The van der Waals surface area contributed by atoms with E-state index in [0.717, 1.165) is 30.5 Å². The number of carboxylic acids is 1. The van der Waals surface area contributed by atoms with E-state index in [9.17, 15) is 4.79 Å². The molecule has 1 N–H and O–H groups in total. The van der Waals surface area contributed by atoms with Crippen molar-refractivity contribution in [3.05, 3.63) is 36.0 Å². The van der Waals surface area contributed by atoms with Crippen molar-refractivity contribution >= 4 is 16.9 Å². The van der Waals surface area contributed by atoms with Gasteiger partial charge in [0.2, 0.25) is 0 Å². The van der Waals surface area contributed by atoms with E-state index in [1.807, 2.05) is 18.3 Å². The summed E-state index contributed by atoms with van der Waals surface area (Å²) in [6, 6.07) is 7.13. The molecular weight excluding hydrogens is 218 g/mol. The van der Waals surface area contributed by atoms with Gasteiger partial charge in [0.25, 0.3) is 0 Å². The fourth-order valence-corrected chi connectivity index (χ4v) is 1.91. The van der Waals surface area contributed by atoms with Gasteiger partial charge >= 0.3 is 5.97 Å². The predicted octanol–water partition coefficient (Wildman–Crippen LogP) is 2.38. The third kappa shape index (κ3) is 2.47. The minimum atomic E-state index is -0.890. The molecule has 2 rings (SSSR count). The molecule has 0 saturated heterocycles. The number of hydrogen-bond donors (Lipinski definition) is 1. The minimum absolute atomic E-state index is 0.326. The number of methoxy groups -OCH3 is 1. The molecule has 0 aliphatic carbocycles. The normalized spacial score (nSPS) is 10.9. The molecule has 0 atom stereocenters. The molecule has 0 amide bonds. The zero-order valence-corrected chi connectivity index (χ0v) is 9.72. The molecule has 1 heterocycles. The number of aromatic nitrogens is 1. The maximum Gasteiger partial charge on any atom is 0.335 e. The third-order valence-electron chi connectivity index (χ3n) is 2.77. The first-order valence-electron chi connectivity index (χ1n) is 5.53. The van der Waals surface area contributed by atoms with E-state index in [1.54, 1.807) is 19.2 Å². The number of aromatic carboxylic acids is 1. The summed E-state index contributed by atoms with van der Waals surface area (Å²) in [5.74, 6) is -0.890. The zero-order valence-electron chi connectivity index (χ0n) is 9.72. The van der Waals surface area contributed by atoms with Crippen molar-refractivity contribution < 1.29 is 14.6 Å². The number of carboxylic acid groups (broad SMARTS) is 1. The molecule has 4 nitrogen and oxygen atoms in total. The number of fused-ring (bicyclic) bond motifs is 1. The number of hydrogen-bond acceptors (Lipinski definition) is 2. The lowest BCUT2D eigenvalue weighted by Crippen LogP contribution is -2.00. The second kappa shape index (κ2) is 5.01. The summed E-state index contributed by atoms with van der Waals surface area (Å²) in [5, 5.41) is 9.86. The van der Waals surface area contributed by atoms with Crippen molar-refractivity contribution in [3.8, 4) is 0 Å². The molecule has 0 aliphatic heterocycles. The fraction of sp³-hybridized carbons (Fsp3) is 0.308. The molecule has 0 radical (unpaired) electrons. The van der Waals surface area contributed by atoms with Crippen LogP contribution in [-0.2, 0) is 11.3 Å². The topological polar surface area (TPSA) is 51.5 Å². The van der Waals surface area contributed by atoms with Crippen LogP contribution >= 0.6 is 0 Å². The van der Waals surface area contributed by atoms with Gasteiger partial charge in [-0.25, -0.2) is 4.79 Å². The summed E-state index contributed by atoms with van der Waals surface area (Å²) in [5.41, 5.74) is 1.39. The average Bonchev–Trinajstić information content (AvgIpc) is 2.72. The molecule has 2 aromatic rings. The molecule has 0 aliphatic rings. The van der Waals surface area contributed by atoms with Crippen molar-refractivity contribution in [3.63, 3.8) is 0 Å². The van der Waals surface area contributed by atoms with Gasteiger partial charge in [-0.05, 0) is 30.7 Å². The summed E-state index contributed by atoms with van der Waals surface area (Å²) in [4.78, 5) is 10.8. The molecule has 4 heteroatoms. The molecule has 1 aromatic heterocycles. The van der Waals surface area contributed by atoms with Gasteiger partial charge in [0.15, 0.2) is 0 Å². The number of ether oxygens (including phenoxy) is 1.